The molecule has 0 atom stereocenters. The van der Waals surface area contributed by atoms with E-state index in [1.807, 2.05) is 30.3 Å². The van der Waals surface area contributed by atoms with Crippen molar-refractivity contribution >= 4 is 44.0 Å². The molecule has 5 rings (SSSR count). The maximum absolute atomic E-state index is 15.3. The van der Waals surface area contributed by atoms with Crippen molar-refractivity contribution in [1.82, 2.24) is 9.38 Å². The monoisotopic (exact) mass is 641 g/mol. The summed E-state index contributed by atoms with van der Waals surface area (Å²) in [5.74, 6) is -1.57. The SMILES string of the molecule is CC(C)(C)OC(=O)c1ccc(N(c2c(-c3ccccc3OS(=O)(=O)F)nc3cc(-c4ccccc4)ccn23)S(=O)(=O)F)cc1. The van der Waals surface area contributed by atoms with Crippen LogP contribution in [0.2, 0.25) is 0 Å². The highest BCUT2D eigenvalue weighted by molar-refractivity contribution is 7.88. The number of pyridine rings is 1. The molecule has 10 nitrogen and oxygen atoms in total. The highest BCUT2D eigenvalue weighted by Gasteiger charge is 2.33. The number of hydrogen-bond donors (Lipinski definition) is 0. The van der Waals surface area contributed by atoms with E-state index in [2.05, 4.69) is 9.17 Å². The van der Waals surface area contributed by atoms with Gasteiger partial charge in [0.2, 0.25) is 0 Å². The molecule has 0 unspecified atom stereocenters. The lowest BCUT2D eigenvalue weighted by molar-refractivity contribution is 0.00694. The van der Waals surface area contributed by atoms with Gasteiger partial charge in [-0.2, -0.15) is 21.1 Å². The van der Waals surface area contributed by atoms with Gasteiger partial charge in [0.25, 0.3) is 0 Å². The molecule has 5 aromatic rings. The number of para-hydroxylation sites is 1. The van der Waals surface area contributed by atoms with Crippen LogP contribution >= 0.6 is 0 Å². The van der Waals surface area contributed by atoms with Crippen molar-refractivity contribution < 1.29 is 38.3 Å². The fourth-order valence-corrected chi connectivity index (χ4v) is 5.59. The minimum absolute atomic E-state index is 0.0812. The van der Waals surface area contributed by atoms with Crippen LogP contribution < -0.4 is 8.49 Å². The molecule has 3 aromatic carbocycles. The fraction of sp³-hybridized carbons (Fsp3) is 0.133. The maximum atomic E-state index is 15.3. The van der Waals surface area contributed by atoms with Crippen molar-refractivity contribution in [2.75, 3.05) is 4.31 Å². The van der Waals surface area contributed by atoms with E-state index < -0.39 is 38.2 Å². The second kappa shape index (κ2) is 11.4. The second-order valence-electron chi connectivity index (χ2n) is 10.5. The number of benzene rings is 3. The summed E-state index contributed by atoms with van der Waals surface area (Å²) in [5, 5.41) is 0. The lowest BCUT2D eigenvalue weighted by Crippen LogP contribution is -2.25. The molecule has 0 aliphatic carbocycles. The van der Waals surface area contributed by atoms with Gasteiger partial charge >= 0.3 is 26.9 Å². The van der Waals surface area contributed by atoms with Gasteiger partial charge in [-0.3, -0.25) is 4.40 Å². The summed E-state index contributed by atoms with van der Waals surface area (Å²) in [4.78, 5) is 17.1. The Morgan fingerprint density at radius 3 is 2.09 bits per heavy atom. The van der Waals surface area contributed by atoms with E-state index in [1.54, 1.807) is 32.9 Å². The first-order valence-corrected chi connectivity index (χ1v) is 15.6. The summed E-state index contributed by atoms with van der Waals surface area (Å²) in [6.45, 7) is 5.05. The summed E-state index contributed by atoms with van der Waals surface area (Å²) < 4.78 is 88.9. The molecule has 0 amide bonds. The predicted molar refractivity (Wildman–Crippen MR) is 160 cm³/mol. The van der Waals surface area contributed by atoms with E-state index in [9.17, 15) is 25.5 Å². The number of carbonyl (C=O) groups excluding carboxylic acids is 1. The van der Waals surface area contributed by atoms with Gasteiger partial charge in [-0.05, 0) is 80.4 Å². The van der Waals surface area contributed by atoms with Crippen LogP contribution in [-0.4, -0.2) is 37.8 Å². The topological polar surface area (TPSA) is 124 Å². The average Bonchev–Trinajstić information content (AvgIpc) is 3.29. The molecular weight excluding hydrogens is 616 g/mol. The molecule has 0 fully saturated rings. The highest BCUT2D eigenvalue weighted by atomic mass is 32.3. The third kappa shape index (κ3) is 6.71. The third-order valence-electron chi connectivity index (χ3n) is 6.19. The average molecular weight is 642 g/mol. The first kappa shape index (κ1) is 30.6. The molecule has 228 valence electrons. The Morgan fingerprint density at radius 2 is 1.48 bits per heavy atom. The molecule has 44 heavy (non-hydrogen) atoms. The normalized spacial score (nSPS) is 12.2. The fourth-order valence-electron chi connectivity index (χ4n) is 4.48. The van der Waals surface area contributed by atoms with Gasteiger partial charge in [0.1, 0.15) is 16.9 Å². The number of nitrogens with zero attached hydrogens (tertiary/aromatic N) is 3. The summed E-state index contributed by atoms with van der Waals surface area (Å²) in [6, 6.07) is 22.7. The Bertz CT molecular complexity index is 2080. The van der Waals surface area contributed by atoms with Gasteiger partial charge in [0, 0.05) is 11.8 Å². The van der Waals surface area contributed by atoms with E-state index in [4.69, 9.17) is 4.74 Å². The van der Waals surface area contributed by atoms with Crippen LogP contribution in [0, 0.1) is 0 Å². The zero-order valence-corrected chi connectivity index (χ0v) is 25.1. The Hall–Kier alpha value is -4.82. The van der Waals surface area contributed by atoms with Gasteiger partial charge in [-0.25, -0.2) is 9.78 Å². The van der Waals surface area contributed by atoms with Gasteiger partial charge in [0.05, 0.1) is 11.3 Å². The Labute approximate surface area is 252 Å². The lowest BCUT2D eigenvalue weighted by Gasteiger charge is -2.22. The molecule has 0 bridgehead atoms. The lowest BCUT2D eigenvalue weighted by atomic mass is 10.1. The van der Waals surface area contributed by atoms with Crippen molar-refractivity contribution in [1.29, 1.82) is 0 Å². The maximum Gasteiger partial charge on any atom is 0.488 e. The van der Waals surface area contributed by atoms with Crippen LogP contribution in [0.4, 0.5) is 19.3 Å². The first-order valence-electron chi connectivity index (χ1n) is 13.0. The number of anilines is 2. The minimum Gasteiger partial charge on any atom is -0.456 e. The standard InChI is InChI=1S/C30H25F2N3O7S2/c1-30(2,3)41-29(36)21-13-15-23(16-14-21)35(43(31,37)38)28-27(24-11-7-8-12-25(24)42-44(32,39)40)33-26-19-22(17-18-34(26)28)20-9-5-4-6-10-20/h4-19H,1-3H3. The van der Waals surface area contributed by atoms with Crippen molar-refractivity contribution in [2.45, 2.75) is 26.4 Å². The minimum atomic E-state index is -5.61. The van der Waals surface area contributed by atoms with Crippen LogP contribution in [0.25, 0.3) is 28.0 Å². The Balaban J connectivity index is 1.75. The quantitative estimate of drug-likeness (QED) is 0.138. The van der Waals surface area contributed by atoms with E-state index in [-0.39, 0.29) is 34.0 Å². The smallest absolute Gasteiger partial charge is 0.456 e. The number of carbonyl (C=O) groups is 1. The zero-order chi connectivity index (χ0) is 31.9. The number of imidazole rings is 1. The summed E-state index contributed by atoms with van der Waals surface area (Å²) >= 11 is 0. The number of halogens is 2. The zero-order valence-electron chi connectivity index (χ0n) is 23.5. The predicted octanol–water partition coefficient (Wildman–Crippen LogP) is 6.57. The molecular formula is C30H25F2N3O7S2. The number of esters is 1. The number of aromatic nitrogens is 2. The van der Waals surface area contributed by atoms with Crippen LogP contribution in [0.3, 0.4) is 0 Å². The van der Waals surface area contributed by atoms with E-state index in [0.29, 0.717) is 9.87 Å². The molecule has 2 aromatic heterocycles. The molecule has 0 saturated carbocycles. The molecule has 2 heterocycles. The van der Waals surface area contributed by atoms with Crippen LogP contribution in [0.5, 0.6) is 5.75 Å². The molecule has 0 aliphatic heterocycles. The van der Waals surface area contributed by atoms with Crippen molar-refractivity contribution in [3.63, 3.8) is 0 Å². The van der Waals surface area contributed by atoms with Gasteiger partial charge < -0.3 is 8.92 Å². The van der Waals surface area contributed by atoms with Gasteiger partial charge in [0.15, 0.2) is 11.6 Å². The van der Waals surface area contributed by atoms with Crippen molar-refractivity contribution in [3.05, 3.63) is 103 Å². The summed E-state index contributed by atoms with van der Waals surface area (Å²) in [7, 11) is -11.1. The summed E-state index contributed by atoms with van der Waals surface area (Å²) in [6.07, 6.45) is 1.46. The highest BCUT2D eigenvalue weighted by Crippen LogP contribution is 2.42. The molecule has 0 radical (unpaired) electrons. The number of hydrogen-bond acceptors (Lipinski definition) is 8. The first-order chi connectivity index (χ1) is 20.6. The molecule has 0 saturated heterocycles. The third-order valence-corrected chi connectivity index (χ3v) is 7.38. The van der Waals surface area contributed by atoms with Crippen LogP contribution in [0.15, 0.2) is 97.2 Å². The van der Waals surface area contributed by atoms with E-state index in [0.717, 1.165) is 11.6 Å². The number of ether oxygens (including phenoxy) is 1. The number of rotatable bonds is 8. The van der Waals surface area contributed by atoms with E-state index in [1.165, 1.54) is 53.1 Å². The molecule has 0 aliphatic rings. The number of fused-ring (bicyclic) bond motifs is 1. The summed E-state index contributed by atoms with van der Waals surface area (Å²) in [5.41, 5.74) is 0.308. The molecule has 0 N–H and O–H groups in total. The second-order valence-corrected chi connectivity index (χ2v) is 12.7. The van der Waals surface area contributed by atoms with E-state index >= 15 is 3.89 Å². The van der Waals surface area contributed by atoms with Crippen molar-refractivity contribution in [3.8, 4) is 28.1 Å². The Morgan fingerprint density at radius 1 is 0.841 bits per heavy atom. The Kier molecular flexibility index (Phi) is 7.90. The van der Waals surface area contributed by atoms with Crippen LogP contribution in [0.1, 0.15) is 31.1 Å². The van der Waals surface area contributed by atoms with Crippen LogP contribution in [-0.2, 0) is 25.7 Å². The largest absolute Gasteiger partial charge is 0.488 e. The van der Waals surface area contributed by atoms with Crippen molar-refractivity contribution in [2.24, 2.45) is 0 Å². The van der Waals surface area contributed by atoms with Gasteiger partial charge in [-0.15, -0.1) is 0 Å². The molecule has 14 heteroatoms. The molecule has 0 spiro atoms. The van der Waals surface area contributed by atoms with Gasteiger partial charge in [-0.1, -0.05) is 50.2 Å².